The second-order valence-electron chi connectivity index (χ2n) is 6.22. The van der Waals surface area contributed by atoms with Gasteiger partial charge in [-0.2, -0.15) is 10.2 Å². The van der Waals surface area contributed by atoms with E-state index in [1.807, 2.05) is 27.8 Å². The summed E-state index contributed by atoms with van der Waals surface area (Å²) in [5.74, 6) is 0.198. The first kappa shape index (κ1) is 15.7. The van der Waals surface area contributed by atoms with Crippen LogP contribution in [0.5, 0.6) is 0 Å². The number of nitrogens with one attached hydrogen (secondary N) is 2. The Balaban J connectivity index is 1.49. The van der Waals surface area contributed by atoms with Crippen molar-refractivity contribution >= 4 is 5.91 Å². The summed E-state index contributed by atoms with van der Waals surface area (Å²) in [5, 5.41) is 14.9. The van der Waals surface area contributed by atoms with Crippen LogP contribution in [0.1, 0.15) is 36.3 Å². The molecule has 0 aromatic carbocycles. The van der Waals surface area contributed by atoms with Gasteiger partial charge in [-0.3, -0.25) is 14.2 Å². The third kappa shape index (κ3) is 4.19. The summed E-state index contributed by atoms with van der Waals surface area (Å²) < 4.78 is 3.79. The van der Waals surface area contributed by atoms with E-state index in [1.165, 1.54) is 0 Å². The lowest BCUT2D eigenvalue weighted by molar-refractivity contribution is 0.0940. The standard InChI is InChI=1S/C16H24N6O/c1-13(12-21-8-3-7-19-21)10-18-16(23)15-5-9-22(20-15)14-4-2-6-17-11-14/h3,5,7-9,13-14,17H,2,4,6,10-12H2,1H3,(H,18,23). The molecule has 0 aliphatic carbocycles. The Morgan fingerprint density at radius 3 is 3.17 bits per heavy atom. The van der Waals surface area contributed by atoms with Gasteiger partial charge in [0.25, 0.3) is 5.91 Å². The summed E-state index contributed by atoms with van der Waals surface area (Å²) in [7, 11) is 0. The third-order valence-corrected chi connectivity index (χ3v) is 4.15. The Morgan fingerprint density at radius 1 is 1.52 bits per heavy atom. The van der Waals surface area contributed by atoms with Crippen LogP contribution in [0, 0.1) is 5.92 Å². The molecule has 1 aliphatic rings. The molecule has 7 heteroatoms. The van der Waals surface area contributed by atoms with E-state index in [9.17, 15) is 4.79 Å². The van der Waals surface area contributed by atoms with Crippen LogP contribution in [0.15, 0.2) is 30.7 Å². The molecule has 0 bridgehead atoms. The van der Waals surface area contributed by atoms with Gasteiger partial charge in [0.2, 0.25) is 0 Å². The van der Waals surface area contributed by atoms with Gasteiger partial charge in [0.05, 0.1) is 6.04 Å². The summed E-state index contributed by atoms with van der Waals surface area (Å²) >= 11 is 0. The summed E-state index contributed by atoms with van der Waals surface area (Å²) in [6.45, 7) is 5.48. The lowest BCUT2D eigenvalue weighted by Gasteiger charge is -2.22. The number of hydrogen-bond acceptors (Lipinski definition) is 4. The molecule has 0 saturated carbocycles. The van der Waals surface area contributed by atoms with Crippen LogP contribution >= 0.6 is 0 Å². The van der Waals surface area contributed by atoms with Crippen LogP contribution in [-0.2, 0) is 6.54 Å². The molecule has 7 nitrogen and oxygen atoms in total. The second kappa shape index (κ2) is 7.41. The van der Waals surface area contributed by atoms with Crippen LogP contribution in [0.25, 0.3) is 0 Å². The molecule has 2 aromatic rings. The lowest BCUT2D eigenvalue weighted by atomic mass is 10.1. The minimum atomic E-state index is -0.111. The monoisotopic (exact) mass is 316 g/mol. The number of carbonyl (C=O) groups excluding carboxylic acids is 1. The normalized spacial score (nSPS) is 19.4. The zero-order valence-electron chi connectivity index (χ0n) is 13.5. The third-order valence-electron chi connectivity index (χ3n) is 4.15. The highest BCUT2D eigenvalue weighted by molar-refractivity contribution is 5.92. The van der Waals surface area contributed by atoms with Gasteiger partial charge in [-0.1, -0.05) is 6.92 Å². The van der Waals surface area contributed by atoms with Crippen LogP contribution in [0.2, 0.25) is 0 Å². The molecule has 0 radical (unpaired) electrons. The van der Waals surface area contributed by atoms with E-state index < -0.39 is 0 Å². The Bertz CT molecular complexity index is 614. The van der Waals surface area contributed by atoms with Crippen molar-refractivity contribution in [2.24, 2.45) is 5.92 Å². The maximum absolute atomic E-state index is 12.2. The molecule has 0 spiro atoms. The van der Waals surface area contributed by atoms with Crippen molar-refractivity contribution in [3.8, 4) is 0 Å². The van der Waals surface area contributed by atoms with Crippen molar-refractivity contribution in [2.75, 3.05) is 19.6 Å². The number of nitrogens with zero attached hydrogens (tertiary/aromatic N) is 4. The fourth-order valence-electron chi connectivity index (χ4n) is 2.87. The van der Waals surface area contributed by atoms with Gasteiger partial charge >= 0.3 is 0 Å². The molecule has 1 saturated heterocycles. The molecule has 1 fully saturated rings. The SMILES string of the molecule is CC(CNC(=O)c1ccn(C2CCCNC2)n1)Cn1cccn1. The molecule has 1 aliphatic heterocycles. The molecule has 124 valence electrons. The minimum absolute atomic E-state index is 0.111. The summed E-state index contributed by atoms with van der Waals surface area (Å²) in [6, 6.07) is 4.05. The minimum Gasteiger partial charge on any atom is -0.350 e. The van der Waals surface area contributed by atoms with Gasteiger partial charge in [-0.25, -0.2) is 0 Å². The highest BCUT2D eigenvalue weighted by Gasteiger charge is 2.18. The first-order valence-electron chi connectivity index (χ1n) is 8.24. The van der Waals surface area contributed by atoms with E-state index in [0.29, 0.717) is 24.2 Å². The van der Waals surface area contributed by atoms with Gasteiger partial charge in [0.1, 0.15) is 5.69 Å². The average molecular weight is 316 g/mol. The lowest BCUT2D eigenvalue weighted by Crippen LogP contribution is -2.33. The predicted octanol–water partition coefficient (Wildman–Crippen LogP) is 1.07. The zero-order valence-corrected chi connectivity index (χ0v) is 13.5. The van der Waals surface area contributed by atoms with Crippen LogP contribution in [0.4, 0.5) is 0 Å². The number of amides is 1. The van der Waals surface area contributed by atoms with E-state index in [0.717, 1.165) is 32.5 Å². The Morgan fingerprint density at radius 2 is 2.43 bits per heavy atom. The average Bonchev–Trinajstić information content (AvgIpc) is 3.25. The highest BCUT2D eigenvalue weighted by Crippen LogP contribution is 2.15. The van der Waals surface area contributed by atoms with Crippen molar-refractivity contribution in [3.63, 3.8) is 0 Å². The molecule has 1 amide bonds. The van der Waals surface area contributed by atoms with Gasteiger partial charge in [0.15, 0.2) is 0 Å². The van der Waals surface area contributed by atoms with Crippen molar-refractivity contribution in [2.45, 2.75) is 32.4 Å². The fraction of sp³-hybridized carbons (Fsp3) is 0.562. The zero-order chi connectivity index (χ0) is 16.1. The fourth-order valence-corrected chi connectivity index (χ4v) is 2.87. The number of piperidine rings is 1. The molecule has 2 unspecified atom stereocenters. The largest absolute Gasteiger partial charge is 0.350 e. The number of carbonyl (C=O) groups is 1. The molecule has 2 N–H and O–H groups in total. The van der Waals surface area contributed by atoms with Gasteiger partial charge in [-0.15, -0.1) is 0 Å². The number of aromatic nitrogens is 4. The van der Waals surface area contributed by atoms with Crippen LogP contribution in [0.3, 0.4) is 0 Å². The predicted molar refractivity (Wildman–Crippen MR) is 87.1 cm³/mol. The molecular weight excluding hydrogens is 292 g/mol. The maximum Gasteiger partial charge on any atom is 0.271 e. The maximum atomic E-state index is 12.2. The van der Waals surface area contributed by atoms with Crippen molar-refractivity contribution in [1.29, 1.82) is 0 Å². The van der Waals surface area contributed by atoms with Gasteiger partial charge < -0.3 is 10.6 Å². The van der Waals surface area contributed by atoms with Crippen LogP contribution < -0.4 is 10.6 Å². The molecule has 3 rings (SSSR count). The number of rotatable bonds is 6. The van der Waals surface area contributed by atoms with E-state index in [1.54, 1.807) is 12.3 Å². The smallest absolute Gasteiger partial charge is 0.271 e. The summed E-state index contributed by atoms with van der Waals surface area (Å²) in [5.41, 5.74) is 0.488. The van der Waals surface area contributed by atoms with E-state index in [2.05, 4.69) is 27.8 Å². The molecule has 3 heterocycles. The van der Waals surface area contributed by atoms with E-state index in [-0.39, 0.29) is 5.91 Å². The molecular formula is C16H24N6O. The van der Waals surface area contributed by atoms with Gasteiger partial charge in [0, 0.05) is 38.2 Å². The van der Waals surface area contributed by atoms with Crippen molar-refractivity contribution < 1.29 is 4.79 Å². The highest BCUT2D eigenvalue weighted by atomic mass is 16.1. The van der Waals surface area contributed by atoms with Gasteiger partial charge in [-0.05, 0) is 37.4 Å². The Hall–Kier alpha value is -2.15. The van der Waals surface area contributed by atoms with E-state index >= 15 is 0 Å². The molecule has 2 atom stereocenters. The van der Waals surface area contributed by atoms with Crippen LogP contribution in [-0.4, -0.2) is 45.1 Å². The van der Waals surface area contributed by atoms with E-state index in [4.69, 9.17) is 0 Å². The summed E-state index contributed by atoms with van der Waals surface area (Å²) in [6.07, 6.45) is 7.85. The summed E-state index contributed by atoms with van der Waals surface area (Å²) in [4.78, 5) is 12.2. The molecule has 23 heavy (non-hydrogen) atoms. The number of hydrogen-bond donors (Lipinski definition) is 2. The second-order valence-corrected chi connectivity index (χ2v) is 6.22. The first-order valence-corrected chi connectivity index (χ1v) is 8.24. The van der Waals surface area contributed by atoms with Crippen molar-refractivity contribution in [1.82, 2.24) is 30.2 Å². The first-order chi connectivity index (χ1) is 11.2. The quantitative estimate of drug-likeness (QED) is 0.836. The topological polar surface area (TPSA) is 76.8 Å². The van der Waals surface area contributed by atoms with Crippen molar-refractivity contribution in [3.05, 3.63) is 36.4 Å². The Labute approximate surface area is 136 Å². The Kier molecular flexibility index (Phi) is 5.07. The molecule has 2 aromatic heterocycles.